The standard InChI is InChI=1S/C22H26N6OS/c1-16-14-17(2)24-22(23-16)30-15-19-20(21(29)27-12-8-3-4-9-13-27)25-26-28(19)18-10-6-5-7-11-18/h5-7,10-11,14H,3-4,8-9,12-13,15H2,1-2H3. The van der Waals surface area contributed by atoms with Crippen LogP contribution in [-0.4, -0.2) is 48.9 Å². The van der Waals surface area contributed by atoms with Crippen LogP contribution in [0.15, 0.2) is 41.6 Å². The molecule has 0 bridgehead atoms. The fourth-order valence-corrected chi connectivity index (χ4v) is 4.63. The van der Waals surface area contributed by atoms with Gasteiger partial charge in [-0.2, -0.15) is 0 Å². The maximum Gasteiger partial charge on any atom is 0.276 e. The summed E-state index contributed by atoms with van der Waals surface area (Å²) in [6, 6.07) is 11.8. The van der Waals surface area contributed by atoms with Crippen LogP contribution in [0.1, 0.15) is 53.3 Å². The second-order valence-electron chi connectivity index (χ2n) is 7.56. The van der Waals surface area contributed by atoms with Crippen LogP contribution in [0.25, 0.3) is 5.69 Å². The van der Waals surface area contributed by atoms with Crippen molar-refractivity contribution in [3.63, 3.8) is 0 Å². The van der Waals surface area contributed by atoms with Crippen molar-refractivity contribution >= 4 is 17.7 Å². The van der Waals surface area contributed by atoms with Crippen LogP contribution in [-0.2, 0) is 5.75 Å². The second-order valence-corrected chi connectivity index (χ2v) is 8.50. The summed E-state index contributed by atoms with van der Waals surface area (Å²) in [6.45, 7) is 5.49. The molecule has 0 aliphatic carbocycles. The predicted octanol–water partition coefficient (Wildman–Crippen LogP) is 3.98. The quantitative estimate of drug-likeness (QED) is 0.457. The van der Waals surface area contributed by atoms with Crippen LogP contribution < -0.4 is 0 Å². The highest BCUT2D eigenvalue weighted by Crippen LogP contribution is 2.25. The normalized spacial score (nSPS) is 14.5. The number of aromatic nitrogens is 5. The van der Waals surface area contributed by atoms with Gasteiger partial charge in [0, 0.05) is 30.2 Å². The Labute approximate surface area is 180 Å². The molecule has 0 unspecified atom stereocenters. The van der Waals surface area contributed by atoms with E-state index in [4.69, 9.17) is 0 Å². The van der Waals surface area contributed by atoms with Gasteiger partial charge in [0.15, 0.2) is 10.9 Å². The second kappa shape index (κ2) is 9.38. The summed E-state index contributed by atoms with van der Waals surface area (Å²) in [7, 11) is 0. The maximum atomic E-state index is 13.3. The zero-order valence-corrected chi connectivity index (χ0v) is 18.2. The molecule has 0 N–H and O–H groups in total. The number of hydrogen-bond acceptors (Lipinski definition) is 6. The number of carbonyl (C=O) groups excluding carboxylic acids is 1. The van der Waals surface area contributed by atoms with E-state index in [9.17, 15) is 4.79 Å². The summed E-state index contributed by atoms with van der Waals surface area (Å²) < 4.78 is 1.76. The molecular weight excluding hydrogens is 396 g/mol. The third-order valence-corrected chi connectivity index (χ3v) is 6.02. The van der Waals surface area contributed by atoms with Crippen molar-refractivity contribution < 1.29 is 4.79 Å². The van der Waals surface area contributed by atoms with Crippen molar-refractivity contribution in [1.82, 2.24) is 29.9 Å². The number of benzene rings is 1. The number of amides is 1. The Kier molecular flexibility index (Phi) is 6.42. The summed E-state index contributed by atoms with van der Waals surface area (Å²) >= 11 is 1.50. The van der Waals surface area contributed by atoms with Gasteiger partial charge in [0.2, 0.25) is 0 Å². The van der Waals surface area contributed by atoms with Gasteiger partial charge in [-0.15, -0.1) is 5.10 Å². The summed E-state index contributed by atoms with van der Waals surface area (Å²) in [4.78, 5) is 24.3. The number of carbonyl (C=O) groups is 1. The van der Waals surface area contributed by atoms with Gasteiger partial charge in [0.25, 0.3) is 5.91 Å². The lowest BCUT2D eigenvalue weighted by molar-refractivity contribution is 0.0755. The van der Waals surface area contributed by atoms with E-state index in [1.807, 2.05) is 55.1 Å². The van der Waals surface area contributed by atoms with Crippen LogP contribution in [0.5, 0.6) is 0 Å². The lowest BCUT2D eigenvalue weighted by Crippen LogP contribution is -2.32. The lowest BCUT2D eigenvalue weighted by atomic mass is 10.2. The molecule has 1 saturated heterocycles. The Morgan fingerprint density at radius 2 is 1.67 bits per heavy atom. The first kappa shape index (κ1) is 20.5. The lowest BCUT2D eigenvalue weighted by Gasteiger charge is -2.19. The Balaban J connectivity index is 1.66. The van der Waals surface area contributed by atoms with Crippen LogP contribution in [0.4, 0.5) is 0 Å². The van der Waals surface area contributed by atoms with Crippen molar-refractivity contribution in [3.05, 3.63) is 59.2 Å². The number of aryl methyl sites for hydroxylation is 2. The SMILES string of the molecule is Cc1cc(C)nc(SCc2c(C(=O)N3CCCCCC3)nnn2-c2ccccc2)n1. The van der Waals surface area contributed by atoms with Crippen molar-refractivity contribution in [2.75, 3.05) is 13.1 Å². The molecule has 2 aromatic heterocycles. The molecule has 0 saturated carbocycles. The molecule has 8 heteroatoms. The molecule has 7 nitrogen and oxygen atoms in total. The monoisotopic (exact) mass is 422 g/mol. The molecule has 3 aromatic rings. The van der Waals surface area contributed by atoms with E-state index >= 15 is 0 Å². The number of hydrogen-bond donors (Lipinski definition) is 0. The number of likely N-dealkylation sites (tertiary alicyclic amines) is 1. The van der Waals surface area contributed by atoms with Gasteiger partial charge in [-0.05, 0) is 44.9 Å². The Morgan fingerprint density at radius 3 is 2.33 bits per heavy atom. The van der Waals surface area contributed by atoms with Gasteiger partial charge in [-0.25, -0.2) is 14.6 Å². The zero-order chi connectivity index (χ0) is 20.9. The molecule has 1 aliphatic rings. The summed E-state index contributed by atoms with van der Waals surface area (Å²) in [5, 5.41) is 9.35. The number of rotatable bonds is 5. The first-order valence-corrected chi connectivity index (χ1v) is 11.3. The van der Waals surface area contributed by atoms with Crippen molar-refractivity contribution in [2.45, 2.75) is 50.4 Å². The van der Waals surface area contributed by atoms with E-state index in [0.717, 1.165) is 48.7 Å². The van der Waals surface area contributed by atoms with E-state index in [1.54, 1.807) is 4.68 Å². The van der Waals surface area contributed by atoms with E-state index in [1.165, 1.54) is 24.6 Å². The minimum absolute atomic E-state index is 0.0315. The highest BCUT2D eigenvalue weighted by atomic mass is 32.2. The molecule has 156 valence electrons. The minimum Gasteiger partial charge on any atom is -0.337 e. The summed E-state index contributed by atoms with van der Waals surface area (Å²) in [5.41, 5.74) is 3.96. The Morgan fingerprint density at radius 1 is 1.00 bits per heavy atom. The first-order valence-electron chi connectivity index (χ1n) is 10.4. The molecular formula is C22H26N6OS. The van der Waals surface area contributed by atoms with Gasteiger partial charge in [-0.1, -0.05) is 48.0 Å². The van der Waals surface area contributed by atoms with Crippen molar-refractivity contribution in [2.24, 2.45) is 0 Å². The minimum atomic E-state index is -0.0315. The third kappa shape index (κ3) is 4.70. The van der Waals surface area contributed by atoms with Crippen molar-refractivity contribution in [1.29, 1.82) is 0 Å². The van der Waals surface area contributed by atoms with Crippen LogP contribution in [0, 0.1) is 13.8 Å². The van der Waals surface area contributed by atoms with Gasteiger partial charge in [0.05, 0.1) is 11.4 Å². The van der Waals surface area contributed by atoms with Crippen LogP contribution in [0.2, 0.25) is 0 Å². The molecule has 0 atom stereocenters. The molecule has 0 spiro atoms. The fourth-order valence-electron chi connectivity index (χ4n) is 3.69. The summed E-state index contributed by atoms with van der Waals surface area (Å²) in [6.07, 6.45) is 4.43. The predicted molar refractivity (Wildman–Crippen MR) is 117 cm³/mol. The largest absolute Gasteiger partial charge is 0.337 e. The number of para-hydroxylation sites is 1. The highest BCUT2D eigenvalue weighted by Gasteiger charge is 2.26. The molecule has 1 aliphatic heterocycles. The van der Waals surface area contributed by atoms with E-state index in [2.05, 4.69) is 20.3 Å². The fraction of sp³-hybridized carbons (Fsp3) is 0.409. The van der Waals surface area contributed by atoms with Crippen molar-refractivity contribution in [3.8, 4) is 5.69 Å². The molecule has 30 heavy (non-hydrogen) atoms. The van der Waals surface area contributed by atoms with E-state index in [-0.39, 0.29) is 5.91 Å². The molecule has 1 aromatic carbocycles. The molecule has 3 heterocycles. The smallest absolute Gasteiger partial charge is 0.276 e. The average molecular weight is 423 g/mol. The molecule has 4 rings (SSSR count). The summed E-state index contributed by atoms with van der Waals surface area (Å²) in [5.74, 6) is 0.482. The first-order chi connectivity index (χ1) is 14.6. The van der Waals surface area contributed by atoms with Crippen LogP contribution in [0.3, 0.4) is 0 Å². The van der Waals surface area contributed by atoms with Crippen LogP contribution >= 0.6 is 11.8 Å². The third-order valence-electron chi connectivity index (χ3n) is 5.16. The Bertz CT molecular complexity index is 991. The van der Waals surface area contributed by atoms with Gasteiger partial charge in [0.1, 0.15) is 0 Å². The molecule has 1 amide bonds. The molecule has 1 fully saturated rings. The highest BCUT2D eigenvalue weighted by molar-refractivity contribution is 7.98. The number of thioether (sulfide) groups is 1. The maximum absolute atomic E-state index is 13.3. The average Bonchev–Trinajstić information content (AvgIpc) is 2.96. The van der Waals surface area contributed by atoms with Gasteiger partial charge < -0.3 is 4.90 Å². The number of nitrogens with zero attached hydrogens (tertiary/aromatic N) is 6. The van der Waals surface area contributed by atoms with E-state index < -0.39 is 0 Å². The molecule has 0 radical (unpaired) electrons. The van der Waals surface area contributed by atoms with Gasteiger partial charge in [-0.3, -0.25) is 4.79 Å². The Hall–Kier alpha value is -2.74. The topological polar surface area (TPSA) is 76.8 Å². The zero-order valence-electron chi connectivity index (χ0n) is 17.4. The van der Waals surface area contributed by atoms with E-state index in [0.29, 0.717) is 16.6 Å². The van der Waals surface area contributed by atoms with Gasteiger partial charge >= 0.3 is 0 Å².